The fourth-order valence-corrected chi connectivity index (χ4v) is 2.02. The molecule has 1 unspecified atom stereocenters. The van der Waals surface area contributed by atoms with Gasteiger partial charge in [-0.25, -0.2) is 9.19 Å². The summed E-state index contributed by atoms with van der Waals surface area (Å²) in [7, 11) is -1.90. The normalized spacial score (nSPS) is 13.8. The number of halogens is 3. The topological polar surface area (TPSA) is 78.3 Å². The van der Waals surface area contributed by atoms with E-state index in [2.05, 4.69) is 9.72 Å². The molecule has 0 aliphatic rings. The number of nitrogens with zero attached hydrogens (tertiary/aromatic N) is 1. The maximum Gasteiger partial charge on any atom is 0.411 e. The summed E-state index contributed by atoms with van der Waals surface area (Å²) in [5.74, 6) is -0.637. The molecule has 0 spiro atoms. The number of alkyl halides is 3. The first-order chi connectivity index (χ1) is 8.85. The zero-order chi connectivity index (χ0) is 14.0. The van der Waals surface area contributed by atoms with E-state index in [0.29, 0.717) is 16.8 Å². The van der Waals surface area contributed by atoms with Crippen molar-refractivity contribution in [3.63, 3.8) is 0 Å². The molecule has 0 fully saturated rings. The number of fused-ring (bicyclic) bond motifs is 1. The van der Waals surface area contributed by atoms with Crippen molar-refractivity contribution in [2.45, 2.75) is 11.4 Å². The van der Waals surface area contributed by atoms with Crippen molar-refractivity contribution in [2.75, 3.05) is 18.3 Å². The Balaban J connectivity index is 2.05. The lowest BCUT2D eigenvalue weighted by Crippen LogP contribution is -2.18. The van der Waals surface area contributed by atoms with Gasteiger partial charge in [0, 0.05) is 11.8 Å². The molecular formula is C10H9F3N2O3S. The van der Waals surface area contributed by atoms with Gasteiger partial charge in [-0.3, -0.25) is 0 Å². The van der Waals surface area contributed by atoms with Gasteiger partial charge in [-0.15, -0.1) is 0 Å². The Morgan fingerprint density at radius 1 is 1.42 bits per heavy atom. The molecule has 0 aliphatic heterocycles. The number of hydrogen-bond acceptors (Lipinski definition) is 5. The average molecular weight is 294 g/mol. The SMILES string of the molecule is Nc1ccc2nc(S(=O)COCC(F)(F)F)oc2c1. The van der Waals surface area contributed by atoms with Gasteiger partial charge in [0.2, 0.25) is 0 Å². The van der Waals surface area contributed by atoms with E-state index < -0.39 is 29.5 Å². The lowest BCUT2D eigenvalue weighted by atomic mass is 10.3. The molecule has 5 nitrogen and oxygen atoms in total. The molecule has 19 heavy (non-hydrogen) atoms. The van der Waals surface area contributed by atoms with Gasteiger partial charge in [0.15, 0.2) is 5.58 Å². The number of rotatable bonds is 4. The second-order valence-corrected chi connectivity index (χ2v) is 4.91. The molecule has 0 aliphatic carbocycles. The van der Waals surface area contributed by atoms with Crippen LogP contribution < -0.4 is 5.73 Å². The molecule has 1 heterocycles. The Morgan fingerprint density at radius 3 is 2.84 bits per heavy atom. The first-order valence-corrected chi connectivity index (χ1v) is 6.36. The molecule has 1 aromatic heterocycles. The number of benzene rings is 1. The van der Waals surface area contributed by atoms with Crippen LogP contribution in [0.4, 0.5) is 18.9 Å². The summed E-state index contributed by atoms with van der Waals surface area (Å²) in [4.78, 5) is 3.89. The van der Waals surface area contributed by atoms with Crippen LogP contribution >= 0.6 is 0 Å². The molecule has 2 rings (SSSR count). The molecule has 2 aromatic rings. The first kappa shape index (κ1) is 13.8. The molecule has 0 saturated carbocycles. The number of nitrogens with two attached hydrogens (primary N) is 1. The number of aromatic nitrogens is 1. The van der Waals surface area contributed by atoms with Gasteiger partial charge >= 0.3 is 6.18 Å². The molecule has 0 saturated heterocycles. The minimum Gasteiger partial charge on any atom is -0.429 e. The molecule has 104 valence electrons. The van der Waals surface area contributed by atoms with Crippen molar-refractivity contribution in [2.24, 2.45) is 0 Å². The van der Waals surface area contributed by atoms with E-state index >= 15 is 0 Å². The van der Waals surface area contributed by atoms with E-state index in [0.717, 1.165) is 0 Å². The predicted molar refractivity (Wildman–Crippen MR) is 61.7 cm³/mol. The van der Waals surface area contributed by atoms with Crippen LogP contribution in [0.1, 0.15) is 0 Å². The lowest BCUT2D eigenvalue weighted by molar-refractivity contribution is -0.169. The van der Waals surface area contributed by atoms with Crippen LogP contribution in [-0.2, 0) is 15.5 Å². The highest BCUT2D eigenvalue weighted by Gasteiger charge is 2.28. The van der Waals surface area contributed by atoms with Crippen molar-refractivity contribution in [3.05, 3.63) is 18.2 Å². The van der Waals surface area contributed by atoms with Crippen LogP contribution in [0, 0.1) is 0 Å². The Labute approximate surface area is 108 Å². The molecule has 0 bridgehead atoms. The largest absolute Gasteiger partial charge is 0.429 e. The number of nitrogen functional groups attached to an aromatic ring is 1. The van der Waals surface area contributed by atoms with Gasteiger partial charge in [-0.05, 0) is 12.1 Å². The van der Waals surface area contributed by atoms with Crippen molar-refractivity contribution in [1.82, 2.24) is 4.98 Å². The molecular weight excluding hydrogens is 285 g/mol. The van der Waals surface area contributed by atoms with Crippen LogP contribution in [0.2, 0.25) is 0 Å². The monoisotopic (exact) mass is 294 g/mol. The van der Waals surface area contributed by atoms with E-state index in [9.17, 15) is 17.4 Å². The summed E-state index contributed by atoms with van der Waals surface area (Å²) < 4.78 is 56.6. The van der Waals surface area contributed by atoms with E-state index in [1.165, 1.54) is 6.07 Å². The Hall–Kier alpha value is -1.61. The highest BCUT2D eigenvalue weighted by molar-refractivity contribution is 7.84. The standard InChI is InChI=1S/C10H9F3N2O3S/c11-10(12,13)4-17-5-19(16)9-15-7-2-1-6(14)3-8(7)18-9/h1-3H,4-5,14H2. The third kappa shape index (κ3) is 3.67. The van der Waals surface area contributed by atoms with Crippen molar-refractivity contribution in [1.29, 1.82) is 0 Å². The maximum absolute atomic E-state index is 11.8. The zero-order valence-electron chi connectivity index (χ0n) is 9.44. The number of oxazole rings is 1. The molecule has 2 N–H and O–H groups in total. The van der Waals surface area contributed by atoms with Gasteiger partial charge in [0.25, 0.3) is 5.22 Å². The molecule has 0 amide bonds. The van der Waals surface area contributed by atoms with E-state index in [-0.39, 0.29) is 5.22 Å². The van der Waals surface area contributed by atoms with E-state index in [1.54, 1.807) is 12.1 Å². The van der Waals surface area contributed by atoms with Gasteiger partial charge in [0.1, 0.15) is 28.9 Å². The summed E-state index contributed by atoms with van der Waals surface area (Å²) in [6.45, 7) is -1.47. The lowest BCUT2D eigenvalue weighted by Gasteiger charge is -2.05. The van der Waals surface area contributed by atoms with Gasteiger partial charge in [0.05, 0.1) is 0 Å². The molecule has 1 atom stereocenters. The Kier molecular flexibility index (Phi) is 3.76. The highest BCUT2D eigenvalue weighted by Crippen LogP contribution is 2.21. The summed E-state index contributed by atoms with van der Waals surface area (Å²) in [6.07, 6.45) is -4.46. The fourth-order valence-electron chi connectivity index (χ4n) is 1.30. The third-order valence-electron chi connectivity index (χ3n) is 2.04. The van der Waals surface area contributed by atoms with Gasteiger partial charge in [-0.2, -0.15) is 13.2 Å². The molecule has 9 heteroatoms. The second kappa shape index (κ2) is 5.17. The van der Waals surface area contributed by atoms with E-state index in [4.69, 9.17) is 10.2 Å². The summed E-state index contributed by atoms with van der Waals surface area (Å²) in [5.41, 5.74) is 6.71. The quantitative estimate of drug-likeness (QED) is 0.873. The minimum absolute atomic E-state index is 0.192. The van der Waals surface area contributed by atoms with Crippen LogP contribution in [0.5, 0.6) is 0 Å². The predicted octanol–water partition coefficient (Wildman–Crippen LogP) is 2.05. The number of hydrogen-bond donors (Lipinski definition) is 1. The minimum atomic E-state index is -4.46. The maximum atomic E-state index is 11.8. The summed E-state index contributed by atoms with van der Waals surface area (Å²) >= 11 is 0. The van der Waals surface area contributed by atoms with Crippen molar-refractivity contribution < 1.29 is 26.5 Å². The van der Waals surface area contributed by atoms with Gasteiger partial charge < -0.3 is 14.9 Å². The molecule has 0 radical (unpaired) electrons. The summed E-state index contributed by atoms with van der Waals surface area (Å²) in [6, 6.07) is 4.63. The molecule has 1 aromatic carbocycles. The van der Waals surface area contributed by atoms with Crippen LogP contribution in [0.15, 0.2) is 27.8 Å². The second-order valence-electron chi connectivity index (χ2n) is 3.63. The zero-order valence-corrected chi connectivity index (χ0v) is 10.3. The van der Waals surface area contributed by atoms with Crippen LogP contribution in [-0.4, -0.2) is 27.9 Å². The van der Waals surface area contributed by atoms with Crippen molar-refractivity contribution in [3.8, 4) is 0 Å². The number of anilines is 1. The Bertz CT molecular complexity index is 612. The van der Waals surface area contributed by atoms with Crippen LogP contribution in [0.3, 0.4) is 0 Å². The highest BCUT2D eigenvalue weighted by atomic mass is 32.2. The average Bonchev–Trinajstić information content (AvgIpc) is 2.70. The van der Waals surface area contributed by atoms with Crippen molar-refractivity contribution >= 4 is 27.6 Å². The smallest absolute Gasteiger partial charge is 0.411 e. The third-order valence-corrected chi connectivity index (χ3v) is 2.99. The van der Waals surface area contributed by atoms with Gasteiger partial charge in [-0.1, -0.05) is 0 Å². The van der Waals surface area contributed by atoms with E-state index in [1.807, 2.05) is 0 Å². The summed E-state index contributed by atoms with van der Waals surface area (Å²) in [5, 5.41) is -0.192. The number of ether oxygens (including phenoxy) is 1. The Morgan fingerprint density at radius 2 is 2.16 bits per heavy atom. The first-order valence-electron chi connectivity index (χ1n) is 5.04. The van der Waals surface area contributed by atoms with Crippen LogP contribution in [0.25, 0.3) is 11.1 Å². The fraction of sp³-hybridized carbons (Fsp3) is 0.300.